The standard InChI is InChI=1S/C15H17N3O3S/c19-14(11-7-3-1-4-8-11)17-15(22)13(18(20)21)12-9-5-2-6-10-16-12/h1,3-4,7-8,16H,2,5-6,9-10H2,(H,17,19,22)/b13-12+. The molecule has 2 N–H and O–H groups in total. The van der Waals surface area contributed by atoms with E-state index in [2.05, 4.69) is 10.6 Å². The number of rotatable bonds is 3. The Morgan fingerprint density at radius 1 is 1.23 bits per heavy atom. The zero-order valence-corrected chi connectivity index (χ0v) is 12.8. The maximum absolute atomic E-state index is 12.1. The van der Waals surface area contributed by atoms with Crippen molar-refractivity contribution in [2.75, 3.05) is 6.54 Å². The molecule has 1 aromatic rings. The molecule has 1 aliphatic rings. The van der Waals surface area contributed by atoms with E-state index in [1.54, 1.807) is 30.3 Å². The molecule has 2 rings (SSSR count). The minimum atomic E-state index is -0.527. The minimum Gasteiger partial charge on any atom is -0.383 e. The first-order chi connectivity index (χ1) is 10.6. The Morgan fingerprint density at radius 2 is 1.95 bits per heavy atom. The van der Waals surface area contributed by atoms with Crippen molar-refractivity contribution in [3.63, 3.8) is 0 Å². The SMILES string of the molecule is O=C(NC(=S)/C(=C1/CCCCCN1)[N+](=O)[O-])c1ccccc1. The van der Waals surface area contributed by atoms with Gasteiger partial charge in [0.15, 0.2) is 4.99 Å². The van der Waals surface area contributed by atoms with Gasteiger partial charge in [0.1, 0.15) is 0 Å². The van der Waals surface area contributed by atoms with Gasteiger partial charge in [-0.15, -0.1) is 0 Å². The van der Waals surface area contributed by atoms with Crippen LogP contribution in [0.4, 0.5) is 0 Å². The van der Waals surface area contributed by atoms with Gasteiger partial charge >= 0.3 is 5.70 Å². The van der Waals surface area contributed by atoms with Crippen LogP contribution in [0.5, 0.6) is 0 Å². The Balaban J connectivity index is 2.18. The van der Waals surface area contributed by atoms with Gasteiger partial charge in [-0.3, -0.25) is 14.9 Å². The highest BCUT2D eigenvalue weighted by Gasteiger charge is 2.26. The van der Waals surface area contributed by atoms with Crippen molar-refractivity contribution >= 4 is 23.1 Å². The largest absolute Gasteiger partial charge is 0.383 e. The van der Waals surface area contributed by atoms with E-state index < -0.39 is 10.8 Å². The van der Waals surface area contributed by atoms with Crippen LogP contribution in [0.1, 0.15) is 36.0 Å². The lowest BCUT2D eigenvalue weighted by Crippen LogP contribution is -2.34. The summed E-state index contributed by atoms with van der Waals surface area (Å²) in [6, 6.07) is 8.48. The molecule has 6 nitrogen and oxygen atoms in total. The van der Waals surface area contributed by atoms with Crippen molar-refractivity contribution in [3.05, 3.63) is 57.4 Å². The van der Waals surface area contributed by atoms with E-state index in [0.29, 0.717) is 24.2 Å². The van der Waals surface area contributed by atoms with E-state index in [9.17, 15) is 14.9 Å². The number of hydrogen-bond acceptors (Lipinski definition) is 5. The van der Waals surface area contributed by atoms with E-state index in [4.69, 9.17) is 12.2 Å². The third kappa shape index (κ3) is 4.11. The molecule has 1 amide bonds. The normalized spacial score (nSPS) is 16.9. The summed E-state index contributed by atoms with van der Waals surface area (Å²) in [5, 5.41) is 16.8. The Morgan fingerprint density at radius 3 is 2.64 bits per heavy atom. The van der Waals surface area contributed by atoms with Crippen LogP contribution in [-0.2, 0) is 0 Å². The zero-order valence-electron chi connectivity index (χ0n) is 12.0. The molecule has 0 bridgehead atoms. The van der Waals surface area contributed by atoms with Crippen molar-refractivity contribution < 1.29 is 9.72 Å². The van der Waals surface area contributed by atoms with Gasteiger partial charge in [-0.25, -0.2) is 0 Å². The van der Waals surface area contributed by atoms with Crippen LogP contribution in [-0.4, -0.2) is 22.4 Å². The molecule has 116 valence electrons. The predicted octanol–water partition coefficient (Wildman–Crippen LogP) is 2.40. The van der Waals surface area contributed by atoms with Crippen LogP contribution in [0.3, 0.4) is 0 Å². The fourth-order valence-electron chi connectivity index (χ4n) is 2.29. The Bertz CT molecular complexity index is 604. The molecule has 1 aliphatic heterocycles. The predicted molar refractivity (Wildman–Crippen MR) is 87.0 cm³/mol. The van der Waals surface area contributed by atoms with Gasteiger partial charge in [-0.05, 0) is 31.4 Å². The fraction of sp³-hybridized carbons (Fsp3) is 0.333. The van der Waals surface area contributed by atoms with Gasteiger partial charge in [-0.2, -0.15) is 0 Å². The van der Waals surface area contributed by atoms with E-state index in [1.807, 2.05) is 0 Å². The van der Waals surface area contributed by atoms with Crippen molar-refractivity contribution in [3.8, 4) is 0 Å². The lowest BCUT2D eigenvalue weighted by atomic mass is 10.1. The fourth-order valence-corrected chi connectivity index (χ4v) is 2.58. The number of nitro groups is 1. The molecule has 0 unspecified atom stereocenters. The molecule has 7 heteroatoms. The van der Waals surface area contributed by atoms with Crippen LogP contribution in [0.25, 0.3) is 0 Å². The average molecular weight is 319 g/mol. The number of hydrogen-bond donors (Lipinski definition) is 2. The third-order valence-corrected chi connectivity index (χ3v) is 3.68. The van der Waals surface area contributed by atoms with Crippen molar-refractivity contribution in [2.24, 2.45) is 0 Å². The lowest BCUT2D eigenvalue weighted by molar-refractivity contribution is -0.416. The van der Waals surface area contributed by atoms with Gasteiger partial charge in [0, 0.05) is 12.1 Å². The summed E-state index contributed by atoms with van der Waals surface area (Å²) >= 11 is 5.08. The first-order valence-electron chi connectivity index (χ1n) is 7.11. The summed E-state index contributed by atoms with van der Waals surface area (Å²) in [6.45, 7) is 0.682. The maximum atomic E-state index is 12.1. The van der Waals surface area contributed by atoms with Gasteiger partial charge in [0.2, 0.25) is 0 Å². The molecule has 0 aromatic heterocycles. The highest BCUT2D eigenvalue weighted by atomic mass is 32.1. The monoisotopic (exact) mass is 319 g/mol. The molecular weight excluding hydrogens is 302 g/mol. The van der Waals surface area contributed by atoms with Crippen molar-refractivity contribution in [1.82, 2.24) is 10.6 Å². The first-order valence-corrected chi connectivity index (χ1v) is 7.52. The number of carbonyl (C=O) groups excluding carboxylic acids is 1. The number of amides is 1. The molecule has 0 aliphatic carbocycles. The number of nitrogens with one attached hydrogen (secondary N) is 2. The first kappa shape index (κ1) is 16.1. The molecule has 0 atom stereocenters. The topological polar surface area (TPSA) is 84.3 Å². The van der Waals surface area contributed by atoms with E-state index in [1.165, 1.54) is 0 Å². The van der Waals surface area contributed by atoms with E-state index in [0.717, 1.165) is 19.3 Å². The molecular formula is C15H17N3O3S. The summed E-state index contributed by atoms with van der Waals surface area (Å²) in [4.78, 5) is 22.7. The second kappa shape index (κ2) is 7.65. The third-order valence-electron chi connectivity index (χ3n) is 3.39. The van der Waals surface area contributed by atoms with Crippen LogP contribution >= 0.6 is 12.2 Å². The van der Waals surface area contributed by atoms with Crippen molar-refractivity contribution in [1.29, 1.82) is 0 Å². The Kier molecular flexibility index (Phi) is 5.60. The number of allylic oxidation sites excluding steroid dienone is 1. The number of thiocarbonyl (C=S) groups is 1. The van der Waals surface area contributed by atoms with E-state index in [-0.39, 0.29) is 10.7 Å². The number of benzene rings is 1. The molecule has 1 saturated heterocycles. The van der Waals surface area contributed by atoms with Gasteiger partial charge in [0.25, 0.3) is 5.91 Å². The van der Waals surface area contributed by atoms with Crippen LogP contribution < -0.4 is 10.6 Å². The number of carbonyl (C=O) groups is 1. The second-order valence-electron chi connectivity index (χ2n) is 4.97. The lowest BCUT2D eigenvalue weighted by Gasteiger charge is -2.10. The van der Waals surface area contributed by atoms with Gasteiger partial charge < -0.3 is 10.6 Å². The van der Waals surface area contributed by atoms with Gasteiger partial charge in [0.05, 0.1) is 10.6 Å². The van der Waals surface area contributed by atoms with Crippen LogP contribution in [0.15, 0.2) is 41.7 Å². The summed E-state index contributed by atoms with van der Waals surface area (Å²) in [7, 11) is 0. The van der Waals surface area contributed by atoms with Crippen LogP contribution in [0.2, 0.25) is 0 Å². The minimum absolute atomic E-state index is 0.150. The molecule has 0 radical (unpaired) electrons. The van der Waals surface area contributed by atoms with Gasteiger partial charge in [-0.1, -0.05) is 36.8 Å². The molecule has 1 fully saturated rings. The molecule has 22 heavy (non-hydrogen) atoms. The highest BCUT2D eigenvalue weighted by molar-refractivity contribution is 7.80. The summed E-state index contributed by atoms with van der Waals surface area (Å²) in [5.74, 6) is -0.445. The zero-order chi connectivity index (χ0) is 15.9. The second-order valence-corrected chi connectivity index (χ2v) is 5.38. The molecule has 0 spiro atoms. The van der Waals surface area contributed by atoms with E-state index >= 15 is 0 Å². The Labute approximate surface area is 133 Å². The maximum Gasteiger partial charge on any atom is 0.322 e. The quantitative estimate of drug-likeness (QED) is 0.387. The Hall–Kier alpha value is -2.28. The smallest absolute Gasteiger partial charge is 0.322 e. The molecule has 1 heterocycles. The molecule has 1 aromatic carbocycles. The summed E-state index contributed by atoms with van der Waals surface area (Å²) < 4.78 is 0. The highest BCUT2D eigenvalue weighted by Crippen LogP contribution is 2.16. The summed E-state index contributed by atoms with van der Waals surface area (Å²) in [6.07, 6.45) is 3.43. The van der Waals surface area contributed by atoms with Crippen molar-refractivity contribution in [2.45, 2.75) is 25.7 Å². The number of nitrogens with zero attached hydrogens (tertiary/aromatic N) is 1. The average Bonchev–Trinajstić information content (AvgIpc) is 2.77. The molecule has 0 saturated carbocycles. The van der Waals surface area contributed by atoms with Crippen LogP contribution in [0, 0.1) is 10.1 Å². The summed E-state index contributed by atoms with van der Waals surface area (Å²) in [5.41, 5.74) is 0.702.